The van der Waals surface area contributed by atoms with E-state index in [1.165, 1.54) is 11.1 Å². The average Bonchev–Trinajstić information content (AvgIpc) is 2.57. The van der Waals surface area contributed by atoms with Gasteiger partial charge in [0.1, 0.15) is 18.1 Å². The molecule has 0 saturated heterocycles. The second-order valence-electron chi connectivity index (χ2n) is 5.09. The molecule has 2 aromatic rings. The fourth-order valence-electron chi connectivity index (χ4n) is 2.06. The first-order valence-electron chi connectivity index (χ1n) is 7.78. The zero-order valence-corrected chi connectivity index (χ0v) is 13.4. The van der Waals surface area contributed by atoms with Gasteiger partial charge in [-0.25, -0.2) is 0 Å². The Morgan fingerprint density at radius 2 is 1.18 bits per heavy atom. The molecule has 0 atom stereocenters. The highest BCUT2D eigenvalue weighted by molar-refractivity contribution is 5.64. The van der Waals surface area contributed by atoms with Crippen molar-refractivity contribution in [2.45, 2.75) is 19.8 Å². The van der Waals surface area contributed by atoms with Gasteiger partial charge in [-0.15, -0.1) is 0 Å². The van der Waals surface area contributed by atoms with Crippen LogP contribution < -0.4 is 9.47 Å². The highest BCUT2D eigenvalue weighted by atomic mass is 16.5. The van der Waals surface area contributed by atoms with Crippen LogP contribution in [-0.4, -0.2) is 26.9 Å². The van der Waals surface area contributed by atoms with E-state index in [0.29, 0.717) is 13.2 Å². The summed E-state index contributed by atoms with van der Waals surface area (Å²) in [4.78, 5) is 0. The molecule has 2 rings (SSSR count). The number of hydrogen-bond donors (Lipinski definition) is 0. The molecule has 3 heteroatoms. The molecule has 0 aliphatic heterocycles. The van der Waals surface area contributed by atoms with E-state index in [-0.39, 0.29) is 0 Å². The Labute approximate surface area is 132 Å². The maximum absolute atomic E-state index is 5.68. The van der Waals surface area contributed by atoms with Crippen molar-refractivity contribution < 1.29 is 14.2 Å². The van der Waals surface area contributed by atoms with E-state index >= 15 is 0 Å². The number of rotatable bonds is 9. The largest absolute Gasteiger partial charge is 0.494 e. The molecule has 0 N–H and O–H groups in total. The van der Waals surface area contributed by atoms with Crippen LogP contribution in [-0.2, 0) is 4.74 Å². The van der Waals surface area contributed by atoms with Crippen molar-refractivity contribution in [1.29, 1.82) is 0 Å². The Hall–Kier alpha value is -2.00. The summed E-state index contributed by atoms with van der Waals surface area (Å²) < 4.78 is 16.2. The molecule has 0 aromatic heterocycles. The van der Waals surface area contributed by atoms with E-state index in [4.69, 9.17) is 14.2 Å². The molecule has 0 bridgehead atoms. The fourth-order valence-corrected chi connectivity index (χ4v) is 2.06. The van der Waals surface area contributed by atoms with Crippen LogP contribution in [0.5, 0.6) is 11.5 Å². The first-order valence-corrected chi connectivity index (χ1v) is 7.78. The number of benzene rings is 2. The van der Waals surface area contributed by atoms with Crippen molar-refractivity contribution in [3.8, 4) is 22.6 Å². The van der Waals surface area contributed by atoms with E-state index in [2.05, 4.69) is 31.2 Å². The minimum atomic E-state index is 0.569. The highest BCUT2D eigenvalue weighted by Gasteiger charge is 2.00. The fraction of sp³-hybridized carbons (Fsp3) is 0.368. The van der Waals surface area contributed by atoms with E-state index in [0.717, 1.165) is 30.9 Å². The zero-order chi connectivity index (χ0) is 15.6. The van der Waals surface area contributed by atoms with Crippen molar-refractivity contribution in [3.05, 3.63) is 48.5 Å². The molecule has 0 aliphatic rings. The molecule has 0 spiro atoms. The van der Waals surface area contributed by atoms with E-state index in [1.807, 2.05) is 24.3 Å². The molecule has 0 fully saturated rings. The minimum Gasteiger partial charge on any atom is -0.494 e. The van der Waals surface area contributed by atoms with Crippen LogP contribution in [0, 0.1) is 0 Å². The molecule has 3 nitrogen and oxygen atoms in total. The summed E-state index contributed by atoms with van der Waals surface area (Å²) in [6.07, 6.45) is 2.24. The first-order chi connectivity index (χ1) is 10.8. The van der Waals surface area contributed by atoms with Crippen molar-refractivity contribution >= 4 is 0 Å². The topological polar surface area (TPSA) is 27.7 Å². The van der Waals surface area contributed by atoms with Crippen LogP contribution in [0.4, 0.5) is 0 Å². The lowest BCUT2D eigenvalue weighted by Crippen LogP contribution is -2.03. The van der Waals surface area contributed by atoms with E-state index < -0.39 is 0 Å². The summed E-state index contributed by atoms with van der Waals surface area (Å²) in [5.41, 5.74) is 2.34. The molecule has 0 saturated carbocycles. The summed E-state index contributed by atoms with van der Waals surface area (Å²) in [5.74, 6) is 1.79. The molecular weight excluding hydrogens is 276 g/mol. The second kappa shape index (κ2) is 9.11. The van der Waals surface area contributed by atoms with Crippen LogP contribution in [0.15, 0.2) is 48.5 Å². The van der Waals surface area contributed by atoms with Crippen LogP contribution in [0.1, 0.15) is 19.8 Å². The second-order valence-corrected chi connectivity index (χ2v) is 5.09. The lowest BCUT2D eigenvalue weighted by Gasteiger charge is -2.08. The number of ether oxygens (including phenoxy) is 3. The Balaban J connectivity index is 1.93. The summed E-state index contributed by atoms with van der Waals surface area (Å²) in [6, 6.07) is 16.3. The minimum absolute atomic E-state index is 0.569. The number of methoxy groups -OCH3 is 1. The third-order valence-electron chi connectivity index (χ3n) is 3.36. The van der Waals surface area contributed by atoms with Crippen LogP contribution in [0.25, 0.3) is 11.1 Å². The standard InChI is InChI=1S/C19H24O3/c1-3-4-13-21-18-9-5-16(6-10-18)17-7-11-19(12-8-17)22-15-14-20-2/h5-12H,3-4,13-15H2,1-2H3. The molecule has 0 radical (unpaired) electrons. The van der Waals surface area contributed by atoms with Gasteiger partial charge in [0.15, 0.2) is 0 Å². The number of hydrogen-bond acceptors (Lipinski definition) is 3. The third kappa shape index (κ3) is 5.08. The van der Waals surface area contributed by atoms with Gasteiger partial charge < -0.3 is 14.2 Å². The maximum atomic E-state index is 5.68. The zero-order valence-electron chi connectivity index (χ0n) is 13.4. The van der Waals surface area contributed by atoms with Gasteiger partial charge in [0.25, 0.3) is 0 Å². The van der Waals surface area contributed by atoms with Gasteiger partial charge in [-0.2, -0.15) is 0 Å². The van der Waals surface area contributed by atoms with Crippen molar-refractivity contribution in [2.75, 3.05) is 26.9 Å². The molecule has 0 heterocycles. The van der Waals surface area contributed by atoms with Gasteiger partial charge in [0.05, 0.1) is 13.2 Å². The first kappa shape index (κ1) is 16.4. The predicted molar refractivity (Wildman–Crippen MR) is 89.7 cm³/mol. The summed E-state index contributed by atoms with van der Waals surface area (Å²) >= 11 is 0. The SMILES string of the molecule is CCCCOc1ccc(-c2ccc(OCCOC)cc2)cc1. The van der Waals surface area contributed by atoms with Crippen LogP contribution in [0.3, 0.4) is 0 Å². The summed E-state index contributed by atoms with van der Waals surface area (Å²) in [6.45, 7) is 4.11. The van der Waals surface area contributed by atoms with E-state index in [9.17, 15) is 0 Å². The molecule has 22 heavy (non-hydrogen) atoms. The Kier molecular flexibility index (Phi) is 6.78. The van der Waals surface area contributed by atoms with Crippen LogP contribution in [0.2, 0.25) is 0 Å². The third-order valence-corrected chi connectivity index (χ3v) is 3.36. The Bertz CT molecular complexity index is 480. The summed E-state index contributed by atoms with van der Waals surface area (Å²) in [7, 11) is 1.67. The quantitative estimate of drug-likeness (QED) is 0.635. The molecule has 2 aromatic carbocycles. The molecule has 118 valence electrons. The molecule has 0 amide bonds. The lowest BCUT2D eigenvalue weighted by atomic mass is 10.1. The Morgan fingerprint density at radius 1 is 0.682 bits per heavy atom. The molecule has 0 unspecified atom stereocenters. The number of unbranched alkanes of at least 4 members (excludes halogenated alkanes) is 1. The van der Waals surface area contributed by atoms with Crippen LogP contribution >= 0.6 is 0 Å². The normalized spacial score (nSPS) is 10.5. The molecule has 0 aliphatic carbocycles. The van der Waals surface area contributed by atoms with Gasteiger partial charge in [0.2, 0.25) is 0 Å². The maximum Gasteiger partial charge on any atom is 0.119 e. The monoisotopic (exact) mass is 300 g/mol. The summed E-state index contributed by atoms with van der Waals surface area (Å²) in [5, 5.41) is 0. The van der Waals surface area contributed by atoms with Gasteiger partial charge in [0, 0.05) is 7.11 Å². The van der Waals surface area contributed by atoms with Gasteiger partial charge in [-0.05, 0) is 41.8 Å². The van der Waals surface area contributed by atoms with Crippen molar-refractivity contribution in [3.63, 3.8) is 0 Å². The van der Waals surface area contributed by atoms with Crippen molar-refractivity contribution in [2.24, 2.45) is 0 Å². The smallest absolute Gasteiger partial charge is 0.119 e. The van der Waals surface area contributed by atoms with E-state index in [1.54, 1.807) is 7.11 Å². The van der Waals surface area contributed by atoms with Gasteiger partial charge in [-0.3, -0.25) is 0 Å². The Morgan fingerprint density at radius 3 is 1.64 bits per heavy atom. The van der Waals surface area contributed by atoms with Gasteiger partial charge in [-0.1, -0.05) is 37.6 Å². The van der Waals surface area contributed by atoms with Crippen molar-refractivity contribution in [1.82, 2.24) is 0 Å². The predicted octanol–water partition coefficient (Wildman–Crippen LogP) is 4.56. The highest BCUT2D eigenvalue weighted by Crippen LogP contribution is 2.24. The average molecular weight is 300 g/mol. The molecular formula is C19H24O3. The lowest BCUT2D eigenvalue weighted by molar-refractivity contribution is 0.146. The van der Waals surface area contributed by atoms with Gasteiger partial charge >= 0.3 is 0 Å².